The van der Waals surface area contributed by atoms with Crippen LogP contribution in [-0.2, 0) is 10.2 Å². The number of nitrogens with one attached hydrogen (secondary N) is 1. The monoisotopic (exact) mass is 427 g/mol. The number of nitrogens with zero attached hydrogens (tertiary/aromatic N) is 2. The van der Waals surface area contributed by atoms with Crippen LogP contribution in [0.4, 0.5) is 5.69 Å². The fourth-order valence-corrected chi connectivity index (χ4v) is 3.62. The van der Waals surface area contributed by atoms with Crippen molar-refractivity contribution in [3.63, 3.8) is 0 Å². The molecule has 32 heavy (non-hydrogen) atoms. The first-order valence-corrected chi connectivity index (χ1v) is 10.5. The molecular weight excluding hydrogens is 398 g/mol. The van der Waals surface area contributed by atoms with Gasteiger partial charge in [0.25, 0.3) is 5.91 Å². The van der Waals surface area contributed by atoms with Crippen LogP contribution in [0, 0.1) is 25.2 Å². The van der Waals surface area contributed by atoms with Gasteiger partial charge in [-0.05, 0) is 78.9 Å². The van der Waals surface area contributed by atoms with Crippen LogP contribution in [-0.4, -0.2) is 17.6 Å². The Labute approximate surface area is 190 Å². The van der Waals surface area contributed by atoms with Gasteiger partial charge in [-0.1, -0.05) is 32.9 Å². The van der Waals surface area contributed by atoms with E-state index >= 15 is 0 Å². The lowest BCUT2D eigenvalue weighted by molar-refractivity contribution is -0.112. The fraction of sp³-hybridized carbons (Fsp3) is 0.259. The van der Waals surface area contributed by atoms with E-state index in [1.807, 2.05) is 26.0 Å². The Kier molecular flexibility index (Phi) is 6.55. The predicted molar refractivity (Wildman–Crippen MR) is 129 cm³/mol. The van der Waals surface area contributed by atoms with Crippen molar-refractivity contribution in [3.05, 3.63) is 82.7 Å². The normalized spacial score (nSPS) is 11.7. The molecule has 3 rings (SSSR count). The summed E-state index contributed by atoms with van der Waals surface area (Å²) in [5.41, 5.74) is 5.89. The van der Waals surface area contributed by atoms with E-state index in [2.05, 4.69) is 54.9 Å². The molecule has 3 aromatic rings. The Bertz CT molecular complexity index is 1190. The van der Waals surface area contributed by atoms with Crippen molar-refractivity contribution in [2.24, 2.45) is 0 Å². The largest absolute Gasteiger partial charge is 0.497 e. The molecule has 5 nitrogen and oxygen atoms in total. The molecule has 1 amide bonds. The lowest BCUT2D eigenvalue weighted by atomic mass is 9.87. The fourth-order valence-electron chi connectivity index (χ4n) is 3.62. The highest BCUT2D eigenvalue weighted by molar-refractivity contribution is 6.09. The molecule has 0 aliphatic heterocycles. The summed E-state index contributed by atoms with van der Waals surface area (Å²) in [4.78, 5) is 12.7. The van der Waals surface area contributed by atoms with Gasteiger partial charge in [0.2, 0.25) is 0 Å². The third-order valence-corrected chi connectivity index (χ3v) is 5.47. The van der Waals surface area contributed by atoms with Crippen molar-refractivity contribution in [1.29, 1.82) is 5.26 Å². The Hall–Kier alpha value is -3.78. The summed E-state index contributed by atoms with van der Waals surface area (Å²) in [5, 5.41) is 12.4. The van der Waals surface area contributed by atoms with E-state index in [0.29, 0.717) is 11.4 Å². The van der Waals surface area contributed by atoms with E-state index in [4.69, 9.17) is 4.74 Å². The van der Waals surface area contributed by atoms with Crippen molar-refractivity contribution in [1.82, 2.24) is 4.57 Å². The molecule has 0 aliphatic rings. The maximum atomic E-state index is 12.7. The molecule has 0 saturated carbocycles. The van der Waals surface area contributed by atoms with Gasteiger partial charge in [-0.3, -0.25) is 4.79 Å². The maximum Gasteiger partial charge on any atom is 0.266 e. The Balaban J connectivity index is 1.88. The molecule has 0 bridgehead atoms. The first kappa shape index (κ1) is 22.9. The smallest absolute Gasteiger partial charge is 0.266 e. The SMILES string of the molecule is COc1ccc(NC(=O)/C(C#N)=C\c2cc(C)n(-c3ccc(C(C)(C)C)cc3)c2C)cc1. The minimum absolute atomic E-state index is 0.0455. The molecule has 0 fully saturated rings. The van der Waals surface area contributed by atoms with Crippen molar-refractivity contribution >= 4 is 17.7 Å². The number of nitriles is 1. The number of aryl methyl sites for hydroxylation is 1. The molecule has 0 saturated heterocycles. The Morgan fingerprint density at radius 1 is 1.06 bits per heavy atom. The molecule has 5 heteroatoms. The number of aromatic nitrogens is 1. The average molecular weight is 428 g/mol. The summed E-state index contributed by atoms with van der Waals surface area (Å²) < 4.78 is 7.26. The van der Waals surface area contributed by atoms with Gasteiger partial charge in [0.05, 0.1) is 7.11 Å². The van der Waals surface area contributed by atoms with Crippen LogP contribution in [0.3, 0.4) is 0 Å². The van der Waals surface area contributed by atoms with Gasteiger partial charge < -0.3 is 14.6 Å². The molecule has 1 N–H and O–H groups in total. The average Bonchev–Trinajstić information content (AvgIpc) is 3.04. The number of rotatable bonds is 5. The molecule has 0 radical (unpaired) electrons. The van der Waals surface area contributed by atoms with E-state index < -0.39 is 5.91 Å². The summed E-state index contributed by atoms with van der Waals surface area (Å²) in [6.07, 6.45) is 1.64. The summed E-state index contributed by atoms with van der Waals surface area (Å²) in [7, 11) is 1.58. The van der Waals surface area contributed by atoms with E-state index in [9.17, 15) is 10.1 Å². The maximum absolute atomic E-state index is 12.7. The van der Waals surface area contributed by atoms with Crippen LogP contribution < -0.4 is 10.1 Å². The first-order valence-electron chi connectivity index (χ1n) is 10.5. The van der Waals surface area contributed by atoms with Crippen molar-refractivity contribution < 1.29 is 9.53 Å². The van der Waals surface area contributed by atoms with Crippen molar-refractivity contribution in [3.8, 4) is 17.5 Å². The van der Waals surface area contributed by atoms with Crippen molar-refractivity contribution in [2.75, 3.05) is 12.4 Å². The van der Waals surface area contributed by atoms with E-state index in [1.165, 1.54) is 5.56 Å². The third-order valence-electron chi connectivity index (χ3n) is 5.47. The van der Waals surface area contributed by atoms with Gasteiger partial charge in [0.15, 0.2) is 0 Å². The van der Waals surface area contributed by atoms with Crippen LogP contribution in [0.5, 0.6) is 5.75 Å². The van der Waals surface area contributed by atoms with Crippen LogP contribution in [0.2, 0.25) is 0 Å². The number of carbonyl (C=O) groups is 1. The number of ether oxygens (including phenoxy) is 1. The highest BCUT2D eigenvalue weighted by atomic mass is 16.5. The first-order chi connectivity index (χ1) is 15.1. The summed E-state index contributed by atoms with van der Waals surface area (Å²) >= 11 is 0. The van der Waals surface area contributed by atoms with Crippen LogP contribution in [0.25, 0.3) is 11.8 Å². The van der Waals surface area contributed by atoms with Gasteiger partial charge in [-0.2, -0.15) is 5.26 Å². The number of anilines is 1. The van der Waals surface area contributed by atoms with Gasteiger partial charge >= 0.3 is 0 Å². The summed E-state index contributed by atoms with van der Waals surface area (Å²) in [5.74, 6) is 0.249. The van der Waals surface area contributed by atoms with Gasteiger partial charge in [-0.25, -0.2) is 0 Å². The van der Waals surface area contributed by atoms with Gasteiger partial charge in [0.1, 0.15) is 17.4 Å². The topological polar surface area (TPSA) is 67.0 Å². The predicted octanol–water partition coefficient (Wildman–Crippen LogP) is 5.95. The van der Waals surface area contributed by atoms with E-state index in [1.54, 1.807) is 37.5 Å². The summed E-state index contributed by atoms with van der Waals surface area (Å²) in [6.45, 7) is 10.6. The number of benzene rings is 2. The highest BCUT2D eigenvalue weighted by Gasteiger charge is 2.16. The molecule has 0 atom stereocenters. The van der Waals surface area contributed by atoms with Crippen LogP contribution in [0.15, 0.2) is 60.2 Å². The summed E-state index contributed by atoms with van der Waals surface area (Å²) in [6, 6.07) is 19.5. The van der Waals surface area contributed by atoms with Gasteiger partial charge in [-0.15, -0.1) is 0 Å². The number of amides is 1. The molecular formula is C27H29N3O2. The molecule has 0 spiro atoms. The molecule has 164 valence electrons. The number of hydrogen-bond donors (Lipinski definition) is 1. The highest BCUT2D eigenvalue weighted by Crippen LogP contribution is 2.27. The Morgan fingerprint density at radius 2 is 1.69 bits per heavy atom. The minimum atomic E-state index is -0.447. The standard InChI is InChI=1S/C27H29N3O2/c1-18-15-20(19(2)30(18)24-11-7-22(8-12-24)27(3,4)5)16-21(17-28)26(31)29-23-9-13-25(32-6)14-10-23/h7-16H,1-6H3,(H,29,31)/b21-16-. The number of carbonyl (C=O) groups excluding carboxylic acids is 1. The van der Waals surface area contributed by atoms with Crippen LogP contribution in [0.1, 0.15) is 43.3 Å². The zero-order chi connectivity index (χ0) is 23.5. The minimum Gasteiger partial charge on any atom is -0.497 e. The molecule has 1 aromatic heterocycles. The molecule has 0 aliphatic carbocycles. The lowest BCUT2D eigenvalue weighted by Crippen LogP contribution is -2.13. The van der Waals surface area contributed by atoms with Crippen LogP contribution >= 0.6 is 0 Å². The third kappa shape index (κ3) is 4.92. The Morgan fingerprint density at radius 3 is 2.22 bits per heavy atom. The molecule has 0 unspecified atom stereocenters. The molecule has 2 aromatic carbocycles. The number of hydrogen-bond acceptors (Lipinski definition) is 3. The number of methoxy groups -OCH3 is 1. The van der Waals surface area contributed by atoms with E-state index in [-0.39, 0.29) is 11.0 Å². The second kappa shape index (κ2) is 9.15. The van der Waals surface area contributed by atoms with E-state index in [0.717, 1.165) is 22.6 Å². The second-order valence-corrected chi connectivity index (χ2v) is 8.81. The second-order valence-electron chi connectivity index (χ2n) is 8.81. The zero-order valence-electron chi connectivity index (χ0n) is 19.5. The molecule has 1 heterocycles. The lowest BCUT2D eigenvalue weighted by Gasteiger charge is -2.20. The van der Waals surface area contributed by atoms with Gasteiger partial charge in [0, 0.05) is 22.8 Å². The van der Waals surface area contributed by atoms with Crippen molar-refractivity contribution in [2.45, 2.75) is 40.0 Å². The quantitative estimate of drug-likeness (QED) is 0.404. The zero-order valence-corrected chi connectivity index (χ0v) is 19.5.